The van der Waals surface area contributed by atoms with E-state index >= 15 is 0 Å². The van der Waals surface area contributed by atoms with Crippen LogP contribution in [0, 0.1) is 6.92 Å². The van der Waals surface area contributed by atoms with Crippen LogP contribution < -0.4 is 4.74 Å². The number of ether oxygens (including phenoxy) is 1. The molecular formula is C11H12N2O. The van der Waals surface area contributed by atoms with Gasteiger partial charge < -0.3 is 9.72 Å². The van der Waals surface area contributed by atoms with E-state index < -0.39 is 0 Å². The minimum absolute atomic E-state index is 0.880. The molecule has 0 bridgehead atoms. The van der Waals surface area contributed by atoms with Gasteiger partial charge in [-0.1, -0.05) is 0 Å². The second-order valence-corrected chi connectivity index (χ2v) is 3.15. The van der Waals surface area contributed by atoms with Crippen molar-refractivity contribution in [2.75, 3.05) is 7.11 Å². The molecule has 0 spiro atoms. The van der Waals surface area contributed by atoms with Gasteiger partial charge in [0.1, 0.15) is 5.75 Å². The van der Waals surface area contributed by atoms with Crippen molar-refractivity contribution in [3.05, 3.63) is 36.3 Å². The van der Waals surface area contributed by atoms with E-state index in [0.717, 1.165) is 17.0 Å². The number of nitrogens with one attached hydrogen (secondary N) is 1. The average molecular weight is 188 g/mol. The second kappa shape index (κ2) is 3.54. The molecule has 1 aromatic carbocycles. The molecular weight excluding hydrogens is 176 g/mol. The summed E-state index contributed by atoms with van der Waals surface area (Å²) >= 11 is 0. The zero-order valence-electron chi connectivity index (χ0n) is 8.24. The third kappa shape index (κ3) is 1.48. The topological polar surface area (TPSA) is 37.9 Å². The molecule has 1 N–H and O–H groups in total. The molecule has 0 aliphatic rings. The first-order valence-electron chi connectivity index (χ1n) is 4.44. The molecule has 2 rings (SSSR count). The number of rotatable bonds is 2. The SMILES string of the molecule is COc1ccc(-c2cnc[nH]2)c(C)c1. The number of hydrogen-bond acceptors (Lipinski definition) is 2. The molecule has 1 heterocycles. The molecule has 2 aromatic rings. The van der Waals surface area contributed by atoms with E-state index in [1.807, 2.05) is 24.4 Å². The van der Waals surface area contributed by atoms with Gasteiger partial charge in [-0.25, -0.2) is 4.98 Å². The maximum Gasteiger partial charge on any atom is 0.119 e. The number of H-pyrrole nitrogens is 1. The van der Waals surface area contributed by atoms with Crippen molar-refractivity contribution < 1.29 is 4.74 Å². The monoisotopic (exact) mass is 188 g/mol. The molecule has 14 heavy (non-hydrogen) atoms. The van der Waals surface area contributed by atoms with Crippen LogP contribution in [0.25, 0.3) is 11.3 Å². The lowest BCUT2D eigenvalue weighted by Gasteiger charge is -2.05. The number of nitrogens with zero attached hydrogens (tertiary/aromatic N) is 1. The first kappa shape index (κ1) is 8.81. The van der Waals surface area contributed by atoms with Gasteiger partial charge in [-0.3, -0.25) is 0 Å². The van der Waals surface area contributed by atoms with E-state index in [4.69, 9.17) is 4.74 Å². The van der Waals surface area contributed by atoms with Crippen LogP contribution in [0.4, 0.5) is 0 Å². The first-order valence-corrected chi connectivity index (χ1v) is 4.44. The first-order chi connectivity index (χ1) is 6.81. The van der Waals surface area contributed by atoms with E-state index in [1.54, 1.807) is 13.4 Å². The molecule has 3 heteroatoms. The summed E-state index contributed by atoms with van der Waals surface area (Å²) in [7, 11) is 1.67. The summed E-state index contributed by atoms with van der Waals surface area (Å²) in [5.41, 5.74) is 3.36. The van der Waals surface area contributed by atoms with Crippen LogP contribution in [0.15, 0.2) is 30.7 Å². The van der Waals surface area contributed by atoms with Crippen molar-refractivity contribution in [3.8, 4) is 17.0 Å². The van der Waals surface area contributed by atoms with Crippen molar-refractivity contribution in [3.63, 3.8) is 0 Å². The van der Waals surface area contributed by atoms with Crippen LogP contribution in [0.2, 0.25) is 0 Å². The molecule has 1 aromatic heterocycles. The third-order valence-corrected chi connectivity index (χ3v) is 2.22. The van der Waals surface area contributed by atoms with Crippen molar-refractivity contribution in [2.24, 2.45) is 0 Å². The number of aryl methyl sites for hydroxylation is 1. The molecule has 3 nitrogen and oxygen atoms in total. The Hall–Kier alpha value is -1.77. The summed E-state index contributed by atoms with van der Waals surface area (Å²) in [5, 5.41) is 0. The van der Waals surface area contributed by atoms with E-state index in [2.05, 4.69) is 16.9 Å². The van der Waals surface area contributed by atoms with Crippen molar-refractivity contribution in [1.82, 2.24) is 9.97 Å². The highest BCUT2D eigenvalue weighted by molar-refractivity contribution is 5.63. The molecule has 0 saturated carbocycles. The fraction of sp³-hybridized carbons (Fsp3) is 0.182. The summed E-state index contributed by atoms with van der Waals surface area (Å²) in [6.07, 6.45) is 3.49. The average Bonchev–Trinajstić information content (AvgIpc) is 2.70. The Morgan fingerprint density at radius 2 is 2.21 bits per heavy atom. The number of aromatic nitrogens is 2. The van der Waals surface area contributed by atoms with Crippen LogP contribution in [-0.2, 0) is 0 Å². The van der Waals surface area contributed by atoms with Gasteiger partial charge in [-0.2, -0.15) is 0 Å². The maximum absolute atomic E-state index is 5.14. The number of aromatic amines is 1. The zero-order valence-corrected chi connectivity index (χ0v) is 8.24. The molecule has 0 saturated heterocycles. The summed E-state index contributed by atoms with van der Waals surface area (Å²) in [5.74, 6) is 0.880. The van der Waals surface area contributed by atoms with E-state index in [0.29, 0.717) is 0 Å². The van der Waals surface area contributed by atoms with Gasteiger partial charge in [0.25, 0.3) is 0 Å². The van der Waals surface area contributed by atoms with Gasteiger partial charge >= 0.3 is 0 Å². The number of hydrogen-bond donors (Lipinski definition) is 1. The van der Waals surface area contributed by atoms with E-state index in [9.17, 15) is 0 Å². The van der Waals surface area contributed by atoms with Gasteiger partial charge in [0.05, 0.1) is 25.3 Å². The van der Waals surface area contributed by atoms with Crippen LogP contribution in [0.1, 0.15) is 5.56 Å². The van der Waals surface area contributed by atoms with Gasteiger partial charge in [0.15, 0.2) is 0 Å². The van der Waals surface area contributed by atoms with Crippen LogP contribution in [0.3, 0.4) is 0 Å². The van der Waals surface area contributed by atoms with Gasteiger partial charge in [-0.05, 0) is 30.7 Å². The highest BCUT2D eigenvalue weighted by Gasteiger charge is 2.03. The lowest BCUT2D eigenvalue weighted by Crippen LogP contribution is -1.87. The molecule has 0 radical (unpaired) electrons. The lowest BCUT2D eigenvalue weighted by atomic mass is 10.1. The quantitative estimate of drug-likeness (QED) is 0.785. The zero-order chi connectivity index (χ0) is 9.97. The van der Waals surface area contributed by atoms with Crippen LogP contribution >= 0.6 is 0 Å². The highest BCUT2D eigenvalue weighted by atomic mass is 16.5. The number of benzene rings is 1. The number of methoxy groups -OCH3 is 1. The van der Waals surface area contributed by atoms with Crippen LogP contribution in [0.5, 0.6) is 5.75 Å². The molecule has 0 unspecified atom stereocenters. The molecule has 72 valence electrons. The molecule has 0 amide bonds. The molecule has 0 atom stereocenters. The van der Waals surface area contributed by atoms with Crippen molar-refractivity contribution in [1.29, 1.82) is 0 Å². The van der Waals surface area contributed by atoms with Crippen molar-refractivity contribution >= 4 is 0 Å². The Balaban J connectivity index is 2.46. The van der Waals surface area contributed by atoms with Gasteiger partial charge in [0, 0.05) is 5.56 Å². The van der Waals surface area contributed by atoms with Crippen LogP contribution in [-0.4, -0.2) is 17.1 Å². The Morgan fingerprint density at radius 1 is 1.36 bits per heavy atom. The lowest BCUT2D eigenvalue weighted by molar-refractivity contribution is 0.414. The molecule has 0 aliphatic heterocycles. The Bertz CT molecular complexity index is 421. The fourth-order valence-electron chi connectivity index (χ4n) is 1.47. The van der Waals surface area contributed by atoms with Crippen molar-refractivity contribution in [2.45, 2.75) is 6.92 Å². The standard InChI is InChI=1S/C11H12N2O/c1-8-5-9(14-2)3-4-10(8)11-6-12-7-13-11/h3-7H,1-2H3,(H,12,13). The predicted molar refractivity (Wildman–Crippen MR) is 55.3 cm³/mol. The molecule has 0 fully saturated rings. The second-order valence-electron chi connectivity index (χ2n) is 3.15. The minimum Gasteiger partial charge on any atom is -0.497 e. The minimum atomic E-state index is 0.880. The third-order valence-electron chi connectivity index (χ3n) is 2.22. The van der Waals surface area contributed by atoms with Gasteiger partial charge in [0.2, 0.25) is 0 Å². The largest absolute Gasteiger partial charge is 0.497 e. The predicted octanol–water partition coefficient (Wildman–Crippen LogP) is 2.39. The summed E-state index contributed by atoms with van der Waals surface area (Å²) < 4.78 is 5.14. The normalized spacial score (nSPS) is 10.1. The van der Waals surface area contributed by atoms with E-state index in [-0.39, 0.29) is 0 Å². The number of imidazole rings is 1. The Morgan fingerprint density at radius 3 is 2.79 bits per heavy atom. The Kier molecular flexibility index (Phi) is 2.23. The van der Waals surface area contributed by atoms with E-state index in [1.165, 1.54) is 5.56 Å². The fourth-order valence-corrected chi connectivity index (χ4v) is 1.47. The summed E-state index contributed by atoms with van der Waals surface area (Å²) in [6, 6.07) is 5.99. The highest BCUT2D eigenvalue weighted by Crippen LogP contribution is 2.24. The summed E-state index contributed by atoms with van der Waals surface area (Å²) in [4.78, 5) is 7.08. The van der Waals surface area contributed by atoms with Gasteiger partial charge in [-0.15, -0.1) is 0 Å². The maximum atomic E-state index is 5.14. The molecule has 0 aliphatic carbocycles. The Labute approximate surface area is 82.8 Å². The summed E-state index contributed by atoms with van der Waals surface area (Å²) in [6.45, 7) is 2.05. The smallest absolute Gasteiger partial charge is 0.119 e.